The van der Waals surface area contributed by atoms with Gasteiger partial charge in [0.2, 0.25) is 0 Å². The van der Waals surface area contributed by atoms with Crippen LogP contribution in [0.3, 0.4) is 0 Å². The molecule has 80 valence electrons. The first kappa shape index (κ1) is 11.5. The van der Waals surface area contributed by atoms with Gasteiger partial charge >= 0.3 is 0 Å². The van der Waals surface area contributed by atoms with Gasteiger partial charge in [0.05, 0.1) is 6.07 Å². The molecular weight excluding hydrogens is 186 g/mol. The fourth-order valence-corrected chi connectivity index (χ4v) is 1.43. The summed E-state index contributed by atoms with van der Waals surface area (Å²) in [6, 6.07) is 10.3. The van der Waals surface area contributed by atoms with Crippen molar-refractivity contribution < 1.29 is 0 Å². The number of benzene rings is 1. The van der Waals surface area contributed by atoms with Gasteiger partial charge < -0.3 is 11.1 Å². The summed E-state index contributed by atoms with van der Waals surface area (Å²) in [4.78, 5) is 0. The number of nitrogens with zero attached hydrogens (tertiary/aromatic N) is 1. The van der Waals surface area contributed by atoms with Gasteiger partial charge in [0.15, 0.2) is 0 Å². The van der Waals surface area contributed by atoms with Gasteiger partial charge in [0.25, 0.3) is 0 Å². The SMILES string of the molecule is CC(NCCCC#N)c1cccc(N)c1. The Morgan fingerprint density at radius 2 is 2.33 bits per heavy atom. The first-order valence-electron chi connectivity index (χ1n) is 5.20. The highest BCUT2D eigenvalue weighted by Crippen LogP contribution is 2.14. The Kier molecular flexibility index (Phi) is 4.65. The van der Waals surface area contributed by atoms with Crippen LogP contribution in [-0.4, -0.2) is 6.54 Å². The summed E-state index contributed by atoms with van der Waals surface area (Å²) in [6.07, 6.45) is 1.50. The Hall–Kier alpha value is -1.53. The quantitative estimate of drug-likeness (QED) is 0.569. The molecule has 0 radical (unpaired) electrons. The summed E-state index contributed by atoms with van der Waals surface area (Å²) in [6.45, 7) is 2.96. The third-order valence-corrected chi connectivity index (χ3v) is 2.33. The van der Waals surface area contributed by atoms with E-state index in [0.29, 0.717) is 6.42 Å². The molecule has 0 spiro atoms. The molecule has 0 aliphatic rings. The number of hydrogen-bond acceptors (Lipinski definition) is 3. The van der Waals surface area contributed by atoms with Crippen molar-refractivity contribution in [3.8, 4) is 6.07 Å². The molecule has 0 heterocycles. The molecule has 1 unspecified atom stereocenters. The lowest BCUT2D eigenvalue weighted by Crippen LogP contribution is -2.19. The summed E-state index contributed by atoms with van der Waals surface area (Å²) in [7, 11) is 0. The number of hydrogen-bond donors (Lipinski definition) is 2. The van der Waals surface area contributed by atoms with E-state index in [0.717, 1.165) is 18.7 Å². The summed E-state index contributed by atoms with van der Waals surface area (Å²) in [5, 5.41) is 11.7. The van der Waals surface area contributed by atoms with Crippen molar-refractivity contribution in [3.63, 3.8) is 0 Å². The Balaban J connectivity index is 2.40. The Morgan fingerprint density at radius 1 is 1.53 bits per heavy atom. The van der Waals surface area contributed by atoms with E-state index in [9.17, 15) is 0 Å². The van der Waals surface area contributed by atoms with Crippen LogP contribution in [-0.2, 0) is 0 Å². The minimum absolute atomic E-state index is 0.284. The van der Waals surface area contributed by atoms with Gasteiger partial charge in [-0.05, 0) is 37.6 Å². The summed E-state index contributed by atoms with van der Waals surface area (Å²) < 4.78 is 0. The van der Waals surface area contributed by atoms with E-state index in [-0.39, 0.29) is 6.04 Å². The first-order valence-corrected chi connectivity index (χ1v) is 5.20. The Bertz CT molecular complexity index is 341. The molecule has 0 aliphatic carbocycles. The molecule has 3 N–H and O–H groups in total. The van der Waals surface area contributed by atoms with Crippen LogP contribution in [0.1, 0.15) is 31.4 Å². The zero-order valence-electron chi connectivity index (χ0n) is 9.03. The molecule has 1 aromatic carbocycles. The van der Waals surface area contributed by atoms with Gasteiger partial charge in [0, 0.05) is 18.2 Å². The maximum atomic E-state index is 8.39. The number of nitriles is 1. The predicted octanol–water partition coefficient (Wildman–Crippen LogP) is 2.22. The second-order valence-corrected chi connectivity index (χ2v) is 3.61. The second-order valence-electron chi connectivity index (χ2n) is 3.61. The maximum absolute atomic E-state index is 8.39. The lowest BCUT2D eigenvalue weighted by atomic mass is 10.1. The smallest absolute Gasteiger partial charge is 0.0622 e. The molecule has 1 aromatic rings. The van der Waals surface area contributed by atoms with E-state index in [1.807, 2.05) is 18.2 Å². The molecule has 0 amide bonds. The summed E-state index contributed by atoms with van der Waals surface area (Å²) >= 11 is 0. The molecule has 15 heavy (non-hydrogen) atoms. The zero-order chi connectivity index (χ0) is 11.1. The number of anilines is 1. The fraction of sp³-hybridized carbons (Fsp3) is 0.417. The standard InChI is InChI=1S/C12H17N3/c1-10(15-8-3-2-7-13)11-5-4-6-12(14)9-11/h4-6,9-10,15H,2-3,8,14H2,1H3. The highest BCUT2D eigenvalue weighted by molar-refractivity contribution is 5.41. The molecule has 0 aliphatic heterocycles. The van der Waals surface area contributed by atoms with E-state index >= 15 is 0 Å². The molecule has 0 aromatic heterocycles. The lowest BCUT2D eigenvalue weighted by molar-refractivity contribution is 0.562. The Morgan fingerprint density at radius 3 is 3.00 bits per heavy atom. The molecular formula is C12H17N3. The number of unbranched alkanes of at least 4 members (excludes halogenated alkanes) is 1. The van der Waals surface area contributed by atoms with Crippen molar-refractivity contribution in [1.82, 2.24) is 5.32 Å². The molecule has 3 heteroatoms. The minimum atomic E-state index is 0.284. The third kappa shape index (κ3) is 4.01. The van der Waals surface area contributed by atoms with E-state index in [1.54, 1.807) is 0 Å². The summed E-state index contributed by atoms with van der Waals surface area (Å²) in [5.74, 6) is 0. The minimum Gasteiger partial charge on any atom is -0.399 e. The second kappa shape index (κ2) is 6.05. The van der Waals surface area contributed by atoms with Crippen molar-refractivity contribution in [2.75, 3.05) is 12.3 Å². The lowest BCUT2D eigenvalue weighted by Gasteiger charge is -2.13. The van der Waals surface area contributed by atoms with Gasteiger partial charge in [-0.2, -0.15) is 5.26 Å². The van der Waals surface area contributed by atoms with Crippen LogP contribution in [0.2, 0.25) is 0 Å². The molecule has 3 nitrogen and oxygen atoms in total. The van der Waals surface area contributed by atoms with E-state index in [1.165, 1.54) is 5.56 Å². The number of nitrogens with one attached hydrogen (secondary N) is 1. The van der Waals surface area contributed by atoms with Gasteiger partial charge in [-0.15, -0.1) is 0 Å². The van der Waals surface area contributed by atoms with Gasteiger partial charge in [0.1, 0.15) is 0 Å². The maximum Gasteiger partial charge on any atom is 0.0622 e. The van der Waals surface area contributed by atoms with Gasteiger partial charge in [-0.3, -0.25) is 0 Å². The third-order valence-electron chi connectivity index (χ3n) is 2.33. The monoisotopic (exact) mass is 203 g/mol. The van der Waals surface area contributed by atoms with Crippen LogP contribution < -0.4 is 11.1 Å². The van der Waals surface area contributed by atoms with Crippen LogP contribution in [0, 0.1) is 11.3 Å². The van der Waals surface area contributed by atoms with E-state index in [4.69, 9.17) is 11.0 Å². The van der Waals surface area contributed by atoms with Crippen molar-refractivity contribution >= 4 is 5.69 Å². The molecule has 0 bridgehead atoms. The van der Waals surface area contributed by atoms with E-state index in [2.05, 4.69) is 24.4 Å². The molecule has 1 rings (SSSR count). The molecule has 1 atom stereocenters. The van der Waals surface area contributed by atoms with Crippen LogP contribution in [0.25, 0.3) is 0 Å². The largest absolute Gasteiger partial charge is 0.399 e. The van der Waals surface area contributed by atoms with Crippen molar-refractivity contribution in [2.24, 2.45) is 0 Å². The number of nitrogens with two attached hydrogens (primary N) is 1. The normalized spacial score (nSPS) is 12.0. The van der Waals surface area contributed by atoms with Crippen molar-refractivity contribution in [3.05, 3.63) is 29.8 Å². The molecule has 0 saturated heterocycles. The van der Waals surface area contributed by atoms with Crippen molar-refractivity contribution in [1.29, 1.82) is 5.26 Å². The highest BCUT2D eigenvalue weighted by Gasteiger charge is 2.03. The predicted molar refractivity (Wildman–Crippen MR) is 62.1 cm³/mol. The molecule has 0 saturated carbocycles. The van der Waals surface area contributed by atoms with Crippen molar-refractivity contribution in [2.45, 2.75) is 25.8 Å². The fourth-order valence-electron chi connectivity index (χ4n) is 1.43. The molecule has 0 fully saturated rings. The van der Waals surface area contributed by atoms with Crippen LogP contribution in [0.4, 0.5) is 5.69 Å². The summed E-state index contributed by atoms with van der Waals surface area (Å²) in [5.41, 5.74) is 7.68. The van der Waals surface area contributed by atoms with Crippen LogP contribution >= 0.6 is 0 Å². The van der Waals surface area contributed by atoms with E-state index < -0.39 is 0 Å². The first-order chi connectivity index (χ1) is 7.24. The average Bonchev–Trinajstić information content (AvgIpc) is 2.24. The number of rotatable bonds is 5. The highest BCUT2D eigenvalue weighted by atomic mass is 14.9. The van der Waals surface area contributed by atoms with Crippen LogP contribution in [0.5, 0.6) is 0 Å². The average molecular weight is 203 g/mol. The zero-order valence-corrected chi connectivity index (χ0v) is 9.03. The Labute approximate surface area is 90.9 Å². The topological polar surface area (TPSA) is 61.8 Å². The number of nitrogen functional groups attached to an aromatic ring is 1. The van der Waals surface area contributed by atoms with Gasteiger partial charge in [-0.25, -0.2) is 0 Å². The van der Waals surface area contributed by atoms with Gasteiger partial charge in [-0.1, -0.05) is 12.1 Å². The van der Waals surface area contributed by atoms with Crippen LogP contribution in [0.15, 0.2) is 24.3 Å².